The van der Waals surface area contributed by atoms with Crippen molar-refractivity contribution >= 4 is 45.3 Å². The normalized spacial score (nSPS) is 18.1. The highest BCUT2D eigenvalue weighted by Gasteiger charge is 2.36. The summed E-state index contributed by atoms with van der Waals surface area (Å²) < 4.78 is 11.1. The van der Waals surface area contributed by atoms with Crippen LogP contribution >= 0.6 is 22.7 Å². The highest BCUT2D eigenvalue weighted by atomic mass is 32.1. The Labute approximate surface area is 174 Å². The standard InChI is InChI=1S/C20H17N3O4S2/c24-18-8-12(10-23(18)13-3-4-15-16(9-13)27-6-5-26-15)19(25)22-20-21-14(11-29-20)17-2-1-7-28-17/h1-4,7,9,11-12H,5-6,8,10H2,(H,21,22,25)/t12-/m0/s1. The number of benzene rings is 1. The van der Waals surface area contributed by atoms with Crippen LogP contribution in [0.3, 0.4) is 0 Å². The number of hydrogen-bond acceptors (Lipinski definition) is 7. The smallest absolute Gasteiger partial charge is 0.231 e. The molecular weight excluding hydrogens is 410 g/mol. The van der Waals surface area contributed by atoms with Gasteiger partial charge in [-0.3, -0.25) is 9.59 Å². The van der Waals surface area contributed by atoms with Crippen molar-refractivity contribution in [2.45, 2.75) is 6.42 Å². The number of carbonyl (C=O) groups is 2. The number of carbonyl (C=O) groups excluding carboxylic acids is 2. The molecule has 1 aromatic carbocycles. The minimum absolute atomic E-state index is 0.0831. The number of anilines is 2. The third kappa shape index (κ3) is 3.58. The van der Waals surface area contributed by atoms with Crippen molar-refractivity contribution < 1.29 is 19.1 Å². The number of rotatable bonds is 4. The topological polar surface area (TPSA) is 80.8 Å². The second-order valence-corrected chi connectivity index (χ2v) is 8.54. The van der Waals surface area contributed by atoms with E-state index in [4.69, 9.17) is 9.47 Å². The zero-order chi connectivity index (χ0) is 19.8. The second kappa shape index (κ2) is 7.49. The Morgan fingerprint density at radius 2 is 2.03 bits per heavy atom. The quantitative estimate of drug-likeness (QED) is 0.688. The van der Waals surface area contributed by atoms with Crippen molar-refractivity contribution in [3.05, 3.63) is 41.1 Å². The van der Waals surface area contributed by atoms with Crippen LogP contribution in [0, 0.1) is 5.92 Å². The molecule has 29 heavy (non-hydrogen) atoms. The van der Waals surface area contributed by atoms with Crippen LogP contribution in [-0.2, 0) is 9.59 Å². The van der Waals surface area contributed by atoms with E-state index < -0.39 is 5.92 Å². The van der Waals surface area contributed by atoms with Gasteiger partial charge in [0.25, 0.3) is 0 Å². The first kappa shape index (κ1) is 18.1. The minimum Gasteiger partial charge on any atom is -0.486 e. The van der Waals surface area contributed by atoms with Crippen molar-refractivity contribution in [1.82, 2.24) is 4.98 Å². The first-order valence-electron chi connectivity index (χ1n) is 9.17. The SMILES string of the molecule is O=C(Nc1nc(-c2cccs2)cs1)[C@H]1CC(=O)N(c2ccc3c(c2)OCCO3)C1. The fourth-order valence-electron chi connectivity index (χ4n) is 3.41. The molecule has 3 aromatic rings. The summed E-state index contributed by atoms with van der Waals surface area (Å²) in [6.07, 6.45) is 0.170. The molecule has 0 bridgehead atoms. The van der Waals surface area contributed by atoms with E-state index in [1.54, 1.807) is 28.4 Å². The molecule has 2 aliphatic rings. The van der Waals surface area contributed by atoms with Crippen molar-refractivity contribution in [2.75, 3.05) is 30.0 Å². The van der Waals surface area contributed by atoms with Crippen LogP contribution in [-0.4, -0.2) is 36.6 Å². The van der Waals surface area contributed by atoms with E-state index in [1.165, 1.54) is 11.3 Å². The van der Waals surface area contributed by atoms with Gasteiger partial charge in [-0.2, -0.15) is 0 Å². The predicted molar refractivity (Wildman–Crippen MR) is 112 cm³/mol. The van der Waals surface area contributed by atoms with Gasteiger partial charge in [0.2, 0.25) is 11.8 Å². The molecule has 7 nitrogen and oxygen atoms in total. The van der Waals surface area contributed by atoms with Gasteiger partial charge in [0.1, 0.15) is 13.2 Å². The van der Waals surface area contributed by atoms with Crippen LogP contribution in [0.1, 0.15) is 6.42 Å². The zero-order valence-electron chi connectivity index (χ0n) is 15.3. The van der Waals surface area contributed by atoms with E-state index >= 15 is 0 Å². The molecule has 2 amide bonds. The molecule has 0 saturated carbocycles. The minimum atomic E-state index is -0.426. The summed E-state index contributed by atoms with van der Waals surface area (Å²) in [6, 6.07) is 9.37. The summed E-state index contributed by atoms with van der Waals surface area (Å²) in [4.78, 5) is 32.4. The Morgan fingerprint density at radius 3 is 2.86 bits per heavy atom. The van der Waals surface area contributed by atoms with Crippen LogP contribution in [0.5, 0.6) is 11.5 Å². The first-order chi connectivity index (χ1) is 14.2. The largest absolute Gasteiger partial charge is 0.486 e. The molecule has 0 unspecified atom stereocenters. The summed E-state index contributed by atoms with van der Waals surface area (Å²) in [5, 5.41) is 7.31. The van der Waals surface area contributed by atoms with Crippen LogP contribution in [0.4, 0.5) is 10.8 Å². The van der Waals surface area contributed by atoms with Crippen molar-refractivity contribution in [1.29, 1.82) is 0 Å². The van der Waals surface area contributed by atoms with E-state index in [1.807, 2.05) is 29.0 Å². The molecule has 1 atom stereocenters. The lowest BCUT2D eigenvalue weighted by atomic mass is 10.1. The molecule has 1 saturated heterocycles. The number of nitrogens with zero attached hydrogens (tertiary/aromatic N) is 2. The first-order valence-corrected chi connectivity index (χ1v) is 10.9. The van der Waals surface area contributed by atoms with Gasteiger partial charge in [-0.15, -0.1) is 22.7 Å². The lowest BCUT2D eigenvalue weighted by Crippen LogP contribution is -2.28. The lowest BCUT2D eigenvalue weighted by molar-refractivity contribution is -0.122. The van der Waals surface area contributed by atoms with Crippen molar-refractivity contribution in [3.8, 4) is 22.1 Å². The zero-order valence-corrected chi connectivity index (χ0v) is 16.9. The Hall–Kier alpha value is -2.91. The molecule has 1 fully saturated rings. The number of ether oxygens (including phenoxy) is 2. The summed E-state index contributed by atoms with van der Waals surface area (Å²) in [6.45, 7) is 1.33. The highest BCUT2D eigenvalue weighted by Crippen LogP contribution is 2.36. The van der Waals surface area contributed by atoms with Gasteiger partial charge in [-0.05, 0) is 23.6 Å². The fraction of sp³-hybridized carbons (Fsp3) is 0.250. The average molecular weight is 428 g/mol. The summed E-state index contributed by atoms with van der Waals surface area (Å²) in [7, 11) is 0. The third-order valence-electron chi connectivity index (χ3n) is 4.84. The van der Waals surface area contributed by atoms with Crippen LogP contribution < -0.4 is 19.7 Å². The monoisotopic (exact) mass is 427 g/mol. The van der Waals surface area contributed by atoms with Gasteiger partial charge in [0.15, 0.2) is 16.6 Å². The van der Waals surface area contributed by atoms with Crippen LogP contribution in [0.2, 0.25) is 0 Å². The molecule has 0 spiro atoms. The van der Waals surface area contributed by atoms with Gasteiger partial charge < -0.3 is 19.7 Å². The van der Waals surface area contributed by atoms with Gasteiger partial charge >= 0.3 is 0 Å². The summed E-state index contributed by atoms with van der Waals surface area (Å²) >= 11 is 2.99. The van der Waals surface area contributed by atoms with Crippen molar-refractivity contribution in [3.63, 3.8) is 0 Å². The molecule has 5 rings (SSSR count). The third-order valence-corrected chi connectivity index (χ3v) is 6.49. The molecule has 2 aliphatic heterocycles. The van der Waals surface area contributed by atoms with Gasteiger partial charge in [-0.25, -0.2) is 4.98 Å². The number of fused-ring (bicyclic) bond motifs is 1. The van der Waals surface area contributed by atoms with Crippen LogP contribution in [0.15, 0.2) is 41.1 Å². The van der Waals surface area contributed by atoms with E-state index in [0.29, 0.717) is 42.1 Å². The number of nitrogens with one attached hydrogen (secondary N) is 1. The maximum absolute atomic E-state index is 12.7. The number of thiophene rings is 1. The Morgan fingerprint density at radius 1 is 1.17 bits per heavy atom. The molecule has 0 radical (unpaired) electrons. The maximum Gasteiger partial charge on any atom is 0.231 e. The molecule has 4 heterocycles. The van der Waals surface area contributed by atoms with Gasteiger partial charge in [0, 0.05) is 30.1 Å². The number of thiazole rings is 1. The van der Waals surface area contributed by atoms with Crippen LogP contribution in [0.25, 0.3) is 10.6 Å². The molecular formula is C20H17N3O4S2. The average Bonchev–Trinajstić information content (AvgIpc) is 3.48. The second-order valence-electron chi connectivity index (χ2n) is 6.74. The summed E-state index contributed by atoms with van der Waals surface area (Å²) in [5.74, 6) is 0.597. The van der Waals surface area contributed by atoms with Gasteiger partial charge in [0.05, 0.1) is 16.5 Å². The Kier molecular flexibility index (Phi) is 4.69. The van der Waals surface area contributed by atoms with E-state index in [2.05, 4.69) is 10.3 Å². The summed E-state index contributed by atoms with van der Waals surface area (Å²) in [5.41, 5.74) is 1.56. The molecule has 0 aliphatic carbocycles. The maximum atomic E-state index is 12.7. The highest BCUT2D eigenvalue weighted by molar-refractivity contribution is 7.16. The Bertz CT molecular complexity index is 1060. The van der Waals surface area contributed by atoms with E-state index in [9.17, 15) is 9.59 Å². The Balaban J connectivity index is 1.27. The van der Waals surface area contributed by atoms with E-state index in [-0.39, 0.29) is 18.2 Å². The molecule has 148 valence electrons. The molecule has 9 heteroatoms. The molecule has 1 N–H and O–H groups in total. The van der Waals surface area contributed by atoms with E-state index in [0.717, 1.165) is 10.6 Å². The lowest BCUT2D eigenvalue weighted by Gasteiger charge is -2.22. The number of aromatic nitrogens is 1. The number of amides is 2. The molecule has 2 aromatic heterocycles. The predicted octanol–water partition coefficient (Wildman–Crippen LogP) is 3.63. The van der Waals surface area contributed by atoms with Crippen molar-refractivity contribution in [2.24, 2.45) is 5.92 Å². The number of hydrogen-bond donors (Lipinski definition) is 1. The fourth-order valence-corrected chi connectivity index (χ4v) is 4.88. The van der Waals surface area contributed by atoms with Gasteiger partial charge in [-0.1, -0.05) is 6.07 Å².